The van der Waals surface area contributed by atoms with Crippen molar-refractivity contribution < 1.29 is 4.39 Å². The SMILES string of the molecule is Fc1ccc(Cn2c(-c3ccncc3)nc3ccccc32)cc1. The van der Waals surface area contributed by atoms with E-state index in [1.165, 1.54) is 12.1 Å². The largest absolute Gasteiger partial charge is 0.319 e. The zero-order chi connectivity index (χ0) is 15.6. The summed E-state index contributed by atoms with van der Waals surface area (Å²) in [6.45, 7) is 0.637. The highest BCUT2D eigenvalue weighted by atomic mass is 19.1. The molecule has 4 rings (SSSR count). The van der Waals surface area contributed by atoms with E-state index < -0.39 is 0 Å². The molecule has 0 atom stereocenters. The first-order valence-electron chi connectivity index (χ1n) is 7.41. The molecule has 2 aromatic heterocycles. The Balaban J connectivity index is 1.87. The first kappa shape index (κ1) is 13.6. The molecule has 112 valence electrons. The summed E-state index contributed by atoms with van der Waals surface area (Å²) in [7, 11) is 0. The fraction of sp³-hybridized carbons (Fsp3) is 0.0526. The number of benzene rings is 2. The van der Waals surface area contributed by atoms with Crippen molar-refractivity contribution in [1.29, 1.82) is 0 Å². The van der Waals surface area contributed by atoms with Gasteiger partial charge < -0.3 is 4.57 Å². The topological polar surface area (TPSA) is 30.7 Å². The lowest BCUT2D eigenvalue weighted by Crippen LogP contribution is -2.02. The molecule has 0 aliphatic carbocycles. The molecule has 2 aromatic carbocycles. The molecule has 0 N–H and O–H groups in total. The van der Waals surface area contributed by atoms with Crippen molar-refractivity contribution >= 4 is 11.0 Å². The molecule has 0 saturated heterocycles. The average molecular weight is 303 g/mol. The second-order valence-corrected chi connectivity index (χ2v) is 5.37. The predicted octanol–water partition coefficient (Wildman–Crippen LogP) is 4.29. The van der Waals surface area contributed by atoms with E-state index in [0.29, 0.717) is 6.54 Å². The van der Waals surface area contributed by atoms with Gasteiger partial charge in [0.25, 0.3) is 0 Å². The lowest BCUT2D eigenvalue weighted by molar-refractivity contribution is 0.626. The molecular formula is C19H14FN3. The second-order valence-electron chi connectivity index (χ2n) is 5.37. The number of nitrogens with zero attached hydrogens (tertiary/aromatic N) is 3. The number of aromatic nitrogens is 3. The number of fused-ring (bicyclic) bond motifs is 1. The summed E-state index contributed by atoms with van der Waals surface area (Å²) in [5.74, 6) is 0.663. The molecule has 2 heterocycles. The highest BCUT2D eigenvalue weighted by molar-refractivity contribution is 5.80. The molecular weight excluding hydrogens is 289 g/mol. The van der Waals surface area contributed by atoms with Gasteiger partial charge >= 0.3 is 0 Å². The third-order valence-corrected chi connectivity index (χ3v) is 3.85. The van der Waals surface area contributed by atoms with Crippen molar-refractivity contribution in [3.63, 3.8) is 0 Å². The van der Waals surface area contributed by atoms with Crippen LogP contribution in [0.3, 0.4) is 0 Å². The zero-order valence-electron chi connectivity index (χ0n) is 12.4. The number of hydrogen-bond acceptors (Lipinski definition) is 2. The van der Waals surface area contributed by atoms with Gasteiger partial charge in [-0.05, 0) is 42.0 Å². The fourth-order valence-corrected chi connectivity index (χ4v) is 2.73. The minimum Gasteiger partial charge on any atom is -0.319 e. The number of rotatable bonds is 3. The first-order chi connectivity index (χ1) is 11.3. The Kier molecular flexibility index (Phi) is 3.35. The van der Waals surface area contributed by atoms with Crippen LogP contribution in [0.4, 0.5) is 4.39 Å². The normalized spacial score (nSPS) is 11.0. The molecule has 0 aliphatic rings. The number of pyridine rings is 1. The van der Waals surface area contributed by atoms with Crippen molar-refractivity contribution in [2.75, 3.05) is 0 Å². The molecule has 0 aliphatic heterocycles. The van der Waals surface area contributed by atoms with E-state index in [2.05, 4.69) is 15.6 Å². The molecule has 0 radical (unpaired) electrons. The van der Waals surface area contributed by atoms with E-state index in [1.54, 1.807) is 24.5 Å². The van der Waals surface area contributed by atoms with E-state index >= 15 is 0 Å². The summed E-state index contributed by atoms with van der Waals surface area (Å²) in [5, 5.41) is 0. The molecule has 4 heteroatoms. The number of halogens is 1. The van der Waals surface area contributed by atoms with Crippen molar-refractivity contribution in [3.8, 4) is 11.4 Å². The number of hydrogen-bond donors (Lipinski definition) is 0. The van der Waals surface area contributed by atoms with Gasteiger partial charge in [-0.15, -0.1) is 0 Å². The fourth-order valence-electron chi connectivity index (χ4n) is 2.73. The number of imidazole rings is 1. The van der Waals surface area contributed by atoms with Crippen LogP contribution in [-0.4, -0.2) is 14.5 Å². The predicted molar refractivity (Wildman–Crippen MR) is 88.5 cm³/mol. The molecule has 0 unspecified atom stereocenters. The Labute approximate surface area is 133 Å². The quantitative estimate of drug-likeness (QED) is 0.565. The Morgan fingerprint density at radius 2 is 1.61 bits per heavy atom. The molecule has 0 amide bonds. The molecule has 3 nitrogen and oxygen atoms in total. The highest BCUT2D eigenvalue weighted by Crippen LogP contribution is 2.25. The summed E-state index contributed by atoms with van der Waals surface area (Å²) in [5.41, 5.74) is 4.05. The van der Waals surface area contributed by atoms with Gasteiger partial charge in [-0.2, -0.15) is 0 Å². The van der Waals surface area contributed by atoms with E-state index in [0.717, 1.165) is 28.0 Å². The van der Waals surface area contributed by atoms with Crippen molar-refractivity contribution in [2.24, 2.45) is 0 Å². The van der Waals surface area contributed by atoms with E-state index in [-0.39, 0.29) is 5.82 Å². The third kappa shape index (κ3) is 2.59. The molecule has 0 fully saturated rings. The van der Waals surface area contributed by atoms with Crippen molar-refractivity contribution in [3.05, 3.63) is 84.4 Å². The maximum absolute atomic E-state index is 13.1. The molecule has 0 saturated carbocycles. The van der Waals surface area contributed by atoms with E-state index in [9.17, 15) is 4.39 Å². The molecule has 23 heavy (non-hydrogen) atoms. The molecule has 4 aromatic rings. The smallest absolute Gasteiger partial charge is 0.141 e. The standard InChI is InChI=1S/C19H14FN3/c20-16-7-5-14(6-8-16)13-23-18-4-2-1-3-17(18)22-19(23)15-9-11-21-12-10-15/h1-12H,13H2. The van der Waals surface area contributed by atoms with Crippen molar-refractivity contribution in [1.82, 2.24) is 14.5 Å². The average Bonchev–Trinajstić information content (AvgIpc) is 2.96. The summed E-state index contributed by atoms with van der Waals surface area (Å²) in [6, 6.07) is 18.5. The van der Waals surface area contributed by atoms with Gasteiger partial charge in [-0.3, -0.25) is 4.98 Å². The van der Waals surface area contributed by atoms with Gasteiger partial charge in [0.1, 0.15) is 11.6 Å². The third-order valence-electron chi connectivity index (χ3n) is 3.85. The van der Waals surface area contributed by atoms with Gasteiger partial charge in [-0.25, -0.2) is 9.37 Å². The molecule has 0 spiro atoms. The van der Waals surface area contributed by atoms with Gasteiger partial charge in [-0.1, -0.05) is 24.3 Å². The summed E-state index contributed by atoms with van der Waals surface area (Å²) >= 11 is 0. The second kappa shape index (κ2) is 5.65. The van der Waals surface area contributed by atoms with E-state index in [1.807, 2.05) is 30.3 Å². The number of para-hydroxylation sites is 2. The van der Waals surface area contributed by atoms with Crippen LogP contribution in [0.2, 0.25) is 0 Å². The Morgan fingerprint density at radius 1 is 0.870 bits per heavy atom. The Morgan fingerprint density at radius 3 is 2.39 bits per heavy atom. The van der Waals surface area contributed by atoms with Gasteiger partial charge in [0.2, 0.25) is 0 Å². The van der Waals surface area contributed by atoms with Gasteiger partial charge in [0.05, 0.1) is 11.0 Å². The van der Waals surface area contributed by atoms with Crippen LogP contribution in [0.1, 0.15) is 5.56 Å². The monoisotopic (exact) mass is 303 g/mol. The lowest BCUT2D eigenvalue weighted by atomic mass is 10.2. The van der Waals surface area contributed by atoms with Crippen molar-refractivity contribution in [2.45, 2.75) is 6.54 Å². The minimum absolute atomic E-state index is 0.224. The van der Waals surface area contributed by atoms with Crippen LogP contribution in [0.25, 0.3) is 22.4 Å². The first-order valence-corrected chi connectivity index (χ1v) is 7.41. The van der Waals surface area contributed by atoms with Crippen LogP contribution in [-0.2, 0) is 6.54 Å². The van der Waals surface area contributed by atoms with Crippen LogP contribution < -0.4 is 0 Å². The van der Waals surface area contributed by atoms with Gasteiger partial charge in [0, 0.05) is 24.5 Å². The van der Waals surface area contributed by atoms with Crippen LogP contribution in [0, 0.1) is 5.82 Å². The minimum atomic E-state index is -0.224. The van der Waals surface area contributed by atoms with Crippen LogP contribution >= 0.6 is 0 Å². The Bertz CT molecular complexity index is 943. The van der Waals surface area contributed by atoms with Crippen LogP contribution in [0.15, 0.2) is 73.1 Å². The summed E-state index contributed by atoms with van der Waals surface area (Å²) in [4.78, 5) is 8.83. The Hall–Kier alpha value is -3.01. The van der Waals surface area contributed by atoms with E-state index in [4.69, 9.17) is 4.98 Å². The zero-order valence-corrected chi connectivity index (χ0v) is 12.4. The van der Waals surface area contributed by atoms with Crippen LogP contribution in [0.5, 0.6) is 0 Å². The summed E-state index contributed by atoms with van der Waals surface area (Å²) in [6.07, 6.45) is 3.52. The maximum atomic E-state index is 13.1. The maximum Gasteiger partial charge on any atom is 0.141 e. The summed E-state index contributed by atoms with van der Waals surface area (Å²) < 4.78 is 15.3. The molecule has 0 bridgehead atoms. The lowest BCUT2D eigenvalue weighted by Gasteiger charge is -2.09. The highest BCUT2D eigenvalue weighted by Gasteiger charge is 2.12. The van der Waals surface area contributed by atoms with Gasteiger partial charge in [0.15, 0.2) is 0 Å².